The molecule has 0 amide bonds. The molecule has 0 aromatic heterocycles. The van der Waals surface area contributed by atoms with Gasteiger partial charge in [0.1, 0.15) is 5.75 Å². The lowest BCUT2D eigenvalue weighted by Crippen LogP contribution is -2.13. The van der Waals surface area contributed by atoms with Crippen LogP contribution < -0.4 is 9.96 Å². The maximum atomic E-state index is 12.5. The predicted octanol–water partition coefficient (Wildman–Crippen LogP) is 3.99. The fraction of sp³-hybridized carbons (Fsp3) is 0.125. The summed E-state index contributed by atoms with van der Waals surface area (Å²) >= 11 is 11.7. The smallest absolute Gasteiger partial charge is 0.171 e. The van der Waals surface area contributed by atoms with Gasteiger partial charge < -0.3 is 15.2 Å². The van der Waals surface area contributed by atoms with E-state index in [4.69, 9.17) is 33.2 Å². The van der Waals surface area contributed by atoms with Crippen LogP contribution in [-0.2, 0) is 6.42 Å². The fourth-order valence-electron chi connectivity index (χ4n) is 2.16. The number of nitrogens with zero attached hydrogens (tertiary/aromatic N) is 2. The number of anilines is 1. The van der Waals surface area contributed by atoms with Crippen LogP contribution in [0.25, 0.3) is 0 Å². The molecule has 2 aromatic rings. The Labute approximate surface area is 147 Å². The molecule has 0 spiro atoms. The highest BCUT2D eigenvalue weighted by molar-refractivity contribution is 6.42. The number of rotatable bonds is 5. The van der Waals surface area contributed by atoms with E-state index >= 15 is 0 Å². The molecular formula is C16H11Cl2N2O4-. The van der Waals surface area contributed by atoms with Crippen LogP contribution in [0.5, 0.6) is 5.75 Å². The summed E-state index contributed by atoms with van der Waals surface area (Å²) in [7, 11) is 1.38. The minimum atomic E-state index is -0.377. The van der Waals surface area contributed by atoms with Crippen molar-refractivity contribution in [2.24, 2.45) is 0 Å². The molecule has 0 aliphatic rings. The number of hydrogen-bond acceptors (Lipinski definition) is 6. The highest BCUT2D eigenvalue weighted by Crippen LogP contribution is 2.32. The standard InChI is InChI=1S/C16H11Cl2N2O4/c1-24-16-4-9(8-19)2-3-11(16)15(21)6-10-5-12(17)13(18)7-14(10)20(22)23/h2-5,7,22H,6H2,1H3/q-1. The Morgan fingerprint density at radius 1 is 1.33 bits per heavy atom. The topological polar surface area (TPSA) is 96.6 Å². The SMILES string of the molecule is COc1cc(C#N)ccc1C(=O)Cc1cc(Cl)c(Cl)cc1N([O-])O. The minimum Gasteiger partial charge on any atom is -0.733 e. The van der Waals surface area contributed by atoms with Gasteiger partial charge in [0.2, 0.25) is 0 Å². The number of carbonyl (C=O) groups is 1. The van der Waals surface area contributed by atoms with Crippen molar-refractivity contribution in [2.45, 2.75) is 6.42 Å². The van der Waals surface area contributed by atoms with Crippen molar-refractivity contribution in [3.8, 4) is 11.8 Å². The van der Waals surface area contributed by atoms with Crippen LogP contribution in [0.4, 0.5) is 5.69 Å². The van der Waals surface area contributed by atoms with Crippen molar-refractivity contribution in [1.29, 1.82) is 5.26 Å². The molecule has 0 radical (unpaired) electrons. The van der Waals surface area contributed by atoms with Crippen LogP contribution in [0.3, 0.4) is 0 Å². The Bertz CT molecular complexity index is 832. The summed E-state index contributed by atoms with van der Waals surface area (Å²) in [6, 6.07) is 8.85. The molecule has 6 nitrogen and oxygen atoms in total. The Morgan fingerprint density at radius 3 is 2.58 bits per heavy atom. The number of ketones is 1. The van der Waals surface area contributed by atoms with Gasteiger partial charge in [-0.3, -0.25) is 10.0 Å². The number of benzene rings is 2. The zero-order valence-corrected chi connectivity index (χ0v) is 13.9. The monoisotopic (exact) mass is 365 g/mol. The summed E-state index contributed by atoms with van der Waals surface area (Å²) < 4.78 is 5.13. The van der Waals surface area contributed by atoms with Crippen LogP contribution in [0, 0.1) is 16.5 Å². The summed E-state index contributed by atoms with van der Waals surface area (Å²) in [4.78, 5) is 12.5. The van der Waals surface area contributed by atoms with Crippen molar-refractivity contribution < 1.29 is 14.7 Å². The summed E-state index contributed by atoms with van der Waals surface area (Å²) in [6.45, 7) is 0. The lowest BCUT2D eigenvalue weighted by molar-refractivity contribution is 0.0990. The number of halogens is 2. The molecule has 24 heavy (non-hydrogen) atoms. The quantitative estimate of drug-likeness (QED) is 0.635. The van der Waals surface area contributed by atoms with Crippen LogP contribution in [-0.4, -0.2) is 18.1 Å². The van der Waals surface area contributed by atoms with E-state index in [1.807, 2.05) is 6.07 Å². The minimum absolute atomic E-state index is 0.0775. The number of nitriles is 1. The molecule has 0 bridgehead atoms. The van der Waals surface area contributed by atoms with E-state index in [-0.39, 0.29) is 50.0 Å². The van der Waals surface area contributed by atoms with Crippen molar-refractivity contribution >= 4 is 34.7 Å². The Morgan fingerprint density at radius 2 is 2.00 bits per heavy atom. The third-order valence-corrected chi connectivity index (χ3v) is 4.03. The lowest BCUT2D eigenvalue weighted by atomic mass is 10.00. The zero-order valence-electron chi connectivity index (χ0n) is 12.4. The number of methoxy groups -OCH3 is 1. The van der Waals surface area contributed by atoms with Crippen LogP contribution in [0.1, 0.15) is 21.5 Å². The van der Waals surface area contributed by atoms with Gasteiger partial charge >= 0.3 is 0 Å². The number of carbonyl (C=O) groups excluding carboxylic acids is 1. The van der Waals surface area contributed by atoms with Crippen molar-refractivity contribution in [3.05, 3.63) is 62.3 Å². The Balaban J connectivity index is 2.40. The molecule has 0 atom stereocenters. The summed E-state index contributed by atoms with van der Waals surface area (Å²) in [6.07, 6.45) is -0.215. The first-order valence-corrected chi connectivity index (χ1v) is 7.38. The van der Waals surface area contributed by atoms with E-state index in [2.05, 4.69) is 0 Å². The second-order valence-corrected chi connectivity index (χ2v) is 5.61. The van der Waals surface area contributed by atoms with E-state index in [1.165, 1.54) is 37.4 Å². The zero-order chi connectivity index (χ0) is 17.9. The highest BCUT2D eigenvalue weighted by atomic mass is 35.5. The molecule has 0 saturated carbocycles. The maximum Gasteiger partial charge on any atom is 0.171 e. The normalized spacial score (nSPS) is 10.2. The molecule has 0 unspecified atom stereocenters. The summed E-state index contributed by atoms with van der Waals surface area (Å²) in [5, 5.41) is 29.2. The van der Waals surface area contributed by atoms with Crippen molar-refractivity contribution in [3.63, 3.8) is 0 Å². The van der Waals surface area contributed by atoms with Gasteiger partial charge in [0.15, 0.2) is 5.78 Å². The second-order valence-electron chi connectivity index (χ2n) is 4.79. The molecular weight excluding hydrogens is 355 g/mol. The van der Waals surface area contributed by atoms with Gasteiger partial charge in [0.05, 0.1) is 40.0 Å². The van der Waals surface area contributed by atoms with Gasteiger partial charge in [-0.1, -0.05) is 23.2 Å². The van der Waals surface area contributed by atoms with Crippen molar-refractivity contribution in [2.75, 3.05) is 12.3 Å². The van der Waals surface area contributed by atoms with Crippen molar-refractivity contribution in [1.82, 2.24) is 0 Å². The first-order chi connectivity index (χ1) is 11.4. The van der Waals surface area contributed by atoms with Gasteiger partial charge in [-0.15, -0.1) is 0 Å². The third kappa shape index (κ3) is 3.78. The molecule has 8 heteroatoms. The first-order valence-electron chi connectivity index (χ1n) is 6.62. The van der Waals surface area contributed by atoms with Gasteiger partial charge in [0, 0.05) is 6.42 Å². The highest BCUT2D eigenvalue weighted by Gasteiger charge is 2.17. The molecule has 2 rings (SSSR count). The summed E-state index contributed by atoms with van der Waals surface area (Å²) in [5.41, 5.74) is 0.618. The van der Waals surface area contributed by atoms with Crippen LogP contribution >= 0.6 is 23.2 Å². The predicted molar refractivity (Wildman–Crippen MR) is 89.8 cm³/mol. The molecule has 2 aromatic carbocycles. The van der Waals surface area contributed by atoms with E-state index in [0.29, 0.717) is 5.56 Å². The average Bonchev–Trinajstić information content (AvgIpc) is 2.56. The second kappa shape index (κ2) is 7.51. The molecule has 1 N–H and O–H groups in total. The average molecular weight is 366 g/mol. The number of hydrogen-bond donors (Lipinski definition) is 1. The van der Waals surface area contributed by atoms with Gasteiger partial charge in [-0.05, 0) is 35.9 Å². The van der Waals surface area contributed by atoms with Gasteiger partial charge in [0.25, 0.3) is 0 Å². The van der Waals surface area contributed by atoms with Crippen LogP contribution in [0.15, 0.2) is 30.3 Å². The number of ether oxygens (including phenoxy) is 1. The molecule has 0 fully saturated rings. The lowest BCUT2D eigenvalue weighted by Gasteiger charge is -2.25. The first kappa shape index (κ1) is 18.0. The van der Waals surface area contributed by atoms with E-state index in [1.54, 1.807) is 0 Å². The number of Topliss-reactive ketones (excluding diaryl/α,β-unsaturated/α-hetero) is 1. The molecule has 0 aliphatic heterocycles. The third-order valence-electron chi connectivity index (χ3n) is 3.31. The van der Waals surface area contributed by atoms with E-state index in [0.717, 1.165) is 0 Å². The van der Waals surface area contributed by atoms with E-state index < -0.39 is 0 Å². The molecule has 0 saturated heterocycles. The van der Waals surface area contributed by atoms with Crippen LogP contribution in [0.2, 0.25) is 10.0 Å². The fourth-order valence-corrected chi connectivity index (χ4v) is 2.50. The van der Waals surface area contributed by atoms with E-state index in [9.17, 15) is 15.2 Å². The van der Waals surface area contributed by atoms with Gasteiger partial charge in [-0.2, -0.15) is 5.26 Å². The maximum absolute atomic E-state index is 12.5. The summed E-state index contributed by atoms with van der Waals surface area (Å²) in [5.74, 6) is -0.138. The Kier molecular flexibility index (Phi) is 5.65. The largest absolute Gasteiger partial charge is 0.733 e. The molecule has 124 valence electrons. The molecule has 0 heterocycles. The Hall–Kier alpha value is -2.30. The van der Waals surface area contributed by atoms with Gasteiger partial charge in [-0.25, -0.2) is 0 Å². The molecule has 0 aliphatic carbocycles.